The number of carbonyl (C=O) groups is 1. The number of nitrogens with one attached hydrogen (secondary N) is 1. The molecule has 0 saturated heterocycles. The average molecular weight is 419 g/mol. The molecule has 174 valence electrons. The lowest BCUT2D eigenvalue weighted by Gasteiger charge is -2.62. The molecule has 0 bridgehead atoms. The van der Waals surface area contributed by atoms with Crippen LogP contribution in [0.1, 0.15) is 112 Å². The van der Waals surface area contributed by atoms with Crippen LogP contribution in [0, 0.1) is 46.3 Å². The van der Waals surface area contributed by atoms with E-state index >= 15 is 0 Å². The van der Waals surface area contributed by atoms with Crippen molar-refractivity contribution in [2.75, 3.05) is 6.54 Å². The Hall–Kier alpha value is -0.730. The van der Waals surface area contributed by atoms with Gasteiger partial charge in [0.2, 0.25) is 0 Å². The van der Waals surface area contributed by atoms with Crippen molar-refractivity contribution in [1.29, 1.82) is 0 Å². The first-order valence-corrected chi connectivity index (χ1v) is 13.4. The molecule has 0 radical (unpaired) electrons. The summed E-state index contributed by atoms with van der Waals surface area (Å²) in [4.78, 5) is 11.0. The molecule has 8 atom stereocenters. The summed E-state index contributed by atoms with van der Waals surface area (Å²) < 4.78 is 0. The van der Waals surface area contributed by atoms with Gasteiger partial charge in [-0.3, -0.25) is 0 Å². The van der Waals surface area contributed by atoms with Gasteiger partial charge in [0.05, 0.1) is 0 Å². The number of hydrogen-bond acceptors (Lipinski definition) is 1. The second-order valence-corrected chi connectivity index (χ2v) is 11.4. The third-order valence-corrected chi connectivity index (χ3v) is 10.5. The molecule has 3 nitrogen and oxygen atoms in total. The molecular weight excluding hydrogens is 368 g/mol. The molecule has 0 aromatic carbocycles. The molecule has 3 N–H and O–H groups in total. The van der Waals surface area contributed by atoms with Gasteiger partial charge in [-0.15, -0.1) is 0 Å². The maximum absolute atomic E-state index is 11.0. The van der Waals surface area contributed by atoms with Crippen molar-refractivity contribution in [3.8, 4) is 0 Å². The van der Waals surface area contributed by atoms with Crippen LogP contribution >= 0.6 is 0 Å². The molecule has 4 aliphatic rings. The topological polar surface area (TPSA) is 55.1 Å². The fourth-order valence-electron chi connectivity index (χ4n) is 9.16. The quantitative estimate of drug-likeness (QED) is 0.458. The second-order valence-electron chi connectivity index (χ2n) is 11.4. The maximum Gasteiger partial charge on any atom is 0.312 e. The highest BCUT2D eigenvalue weighted by atomic mass is 16.2. The minimum Gasteiger partial charge on any atom is -0.352 e. The van der Waals surface area contributed by atoms with Crippen LogP contribution in [-0.2, 0) is 0 Å². The van der Waals surface area contributed by atoms with Crippen molar-refractivity contribution >= 4 is 6.03 Å². The maximum atomic E-state index is 11.0. The average Bonchev–Trinajstić information content (AvgIpc) is 3.08. The number of rotatable bonds is 5. The van der Waals surface area contributed by atoms with Crippen molar-refractivity contribution < 1.29 is 4.79 Å². The molecule has 4 saturated carbocycles. The van der Waals surface area contributed by atoms with Gasteiger partial charge in [0, 0.05) is 6.54 Å². The molecule has 4 fully saturated rings. The largest absolute Gasteiger partial charge is 0.352 e. The van der Waals surface area contributed by atoms with E-state index in [4.69, 9.17) is 5.73 Å². The molecule has 0 spiro atoms. The Kier molecular flexibility index (Phi) is 7.83. The van der Waals surface area contributed by atoms with E-state index in [0.29, 0.717) is 10.8 Å². The van der Waals surface area contributed by atoms with Gasteiger partial charge in [-0.1, -0.05) is 53.9 Å². The summed E-state index contributed by atoms with van der Waals surface area (Å²) in [6.07, 6.45) is 17.1. The van der Waals surface area contributed by atoms with E-state index in [2.05, 4.69) is 26.1 Å². The highest BCUT2D eigenvalue weighted by Crippen LogP contribution is 2.69. The van der Waals surface area contributed by atoms with Gasteiger partial charge in [0.25, 0.3) is 0 Å². The van der Waals surface area contributed by atoms with Gasteiger partial charge in [0.15, 0.2) is 0 Å². The molecule has 0 aromatic rings. The molecule has 0 heterocycles. The van der Waals surface area contributed by atoms with Crippen molar-refractivity contribution in [2.45, 2.75) is 112 Å². The normalized spacial score (nSPS) is 44.7. The smallest absolute Gasteiger partial charge is 0.312 e. The van der Waals surface area contributed by atoms with Gasteiger partial charge in [-0.05, 0) is 104 Å². The van der Waals surface area contributed by atoms with Crippen LogP contribution in [-0.4, -0.2) is 12.6 Å². The Balaban J connectivity index is 0.00000124. The fraction of sp³-hybridized carbons (Fsp3) is 0.963. The zero-order valence-electron chi connectivity index (χ0n) is 20.6. The van der Waals surface area contributed by atoms with Crippen LogP contribution in [0.4, 0.5) is 4.79 Å². The molecule has 4 rings (SSSR count). The molecule has 0 aliphatic heterocycles. The summed E-state index contributed by atoms with van der Waals surface area (Å²) >= 11 is 0. The zero-order chi connectivity index (χ0) is 21.9. The van der Waals surface area contributed by atoms with Crippen molar-refractivity contribution in [2.24, 2.45) is 52.1 Å². The molecule has 4 aliphatic carbocycles. The van der Waals surface area contributed by atoms with Crippen LogP contribution < -0.4 is 11.1 Å². The monoisotopic (exact) mass is 418 g/mol. The SMILES string of the molecule is CC.CC[C@H]1CC2C3CCC(CCCNC(N)=O)C3(C)CC[C@@H]2C2(C)CCCCC12. The Labute approximate surface area is 186 Å². The van der Waals surface area contributed by atoms with Gasteiger partial charge >= 0.3 is 6.03 Å². The van der Waals surface area contributed by atoms with Gasteiger partial charge in [-0.25, -0.2) is 4.79 Å². The molecule has 0 aromatic heterocycles. The number of urea groups is 1. The number of carbonyl (C=O) groups excluding carboxylic acids is 1. The predicted molar refractivity (Wildman–Crippen MR) is 127 cm³/mol. The summed E-state index contributed by atoms with van der Waals surface area (Å²) in [5.41, 5.74) is 6.41. The molecular formula is C27H50N2O. The summed E-state index contributed by atoms with van der Waals surface area (Å²) in [6.45, 7) is 12.6. The van der Waals surface area contributed by atoms with Crippen molar-refractivity contribution in [3.63, 3.8) is 0 Å². The van der Waals surface area contributed by atoms with Gasteiger partial charge in [-0.2, -0.15) is 0 Å². The third-order valence-electron chi connectivity index (χ3n) is 10.5. The van der Waals surface area contributed by atoms with Gasteiger partial charge < -0.3 is 11.1 Å². The van der Waals surface area contributed by atoms with Crippen molar-refractivity contribution in [1.82, 2.24) is 5.32 Å². The van der Waals surface area contributed by atoms with Crippen molar-refractivity contribution in [3.05, 3.63) is 0 Å². The molecule has 6 unspecified atom stereocenters. The lowest BCUT2D eigenvalue weighted by Crippen LogP contribution is -2.55. The fourth-order valence-corrected chi connectivity index (χ4v) is 9.16. The summed E-state index contributed by atoms with van der Waals surface area (Å²) in [6, 6.07) is -0.376. The highest BCUT2D eigenvalue weighted by molar-refractivity contribution is 5.71. The lowest BCUT2D eigenvalue weighted by molar-refractivity contribution is -0.135. The van der Waals surface area contributed by atoms with E-state index in [-0.39, 0.29) is 6.03 Å². The van der Waals surface area contributed by atoms with E-state index in [0.717, 1.165) is 48.5 Å². The number of hydrogen-bond donors (Lipinski definition) is 2. The van der Waals surface area contributed by atoms with Crippen LogP contribution in [0.5, 0.6) is 0 Å². The van der Waals surface area contributed by atoms with Crippen LogP contribution in [0.25, 0.3) is 0 Å². The predicted octanol–water partition coefficient (Wildman–Crippen LogP) is 7.15. The standard InChI is InChI=1S/C25H44N2O.C2H6/c1-4-17-16-19-21-11-10-18(8-7-15-27-23(26)28)24(21,2)14-12-22(19)25(3)13-6-5-9-20(17)25;1-2/h17-22H,4-16H2,1-3H3,(H3,26,27,28);1-2H3/t17-,18?,19?,20?,21?,22-,24?,25?;/m0./s1. The van der Waals surface area contributed by atoms with E-state index in [1.54, 1.807) is 0 Å². The minimum atomic E-state index is -0.376. The Morgan fingerprint density at radius 1 is 0.967 bits per heavy atom. The molecule has 3 heteroatoms. The van der Waals surface area contributed by atoms with E-state index in [1.165, 1.54) is 70.6 Å². The van der Waals surface area contributed by atoms with Gasteiger partial charge in [0.1, 0.15) is 0 Å². The van der Waals surface area contributed by atoms with Crippen LogP contribution in [0.2, 0.25) is 0 Å². The Bertz CT molecular complexity index is 577. The number of amides is 2. The third kappa shape index (κ3) is 4.16. The second kappa shape index (κ2) is 9.82. The van der Waals surface area contributed by atoms with Crippen LogP contribution in [0.15, 0.2) is 0 Å². The first-order valence-electron chi connectivity index (χ1n) is 13.4. The number of primary amides is 1. The summed E-state index contributed by atoms with van der Waals surface area (Å²) in [5.74, 6) is 5.77. The zero-order valence-corrected chi connectivity index (χ0v) is 20.6. The molecule has 30 heavy (non-hydrogen) atoms. The minimum absolute atomic E-state index is 0.376. The van der Waals surface area contributed by atoms with E-state index < -0.39 is 0 Å². The summed E-state index contributed by atoms with van der Waals surface area (Å²) in [7, 11) is 0. The number of nitrogens with two attached hydrogens (primary N) is 1. The highest BCUT2D eigenvalue weighted by Gasteiger charge is 2.60. The van der Waals surface area contributed by atoms with Crippen LogP contribution in [0.3, 0.4) is 0 Å². The number of fused-ring (bicyclic) bond motifs is 5. The Morgan fingerprint density at radius 2 is 1.70 bits per heavy atom. The molecule has 2 amide bonds. The first-order chi connectivity index (χ1) is 14.4. The van der Waals surface area contributed by atoms with E-state index in [9.17, 15) is 4.79 Å². The van der Waals surface area contributed by atoms with E-state index in [1.807, 2.05) is 13.8 Å². The summed E-state index contributed by atoms with van der Waals surface area (Å²) in [5, 5.41) is 2.79. The lowest BCUT2D eigenvalue weighted by atomic mass is 9.42. The first kappa shape index (κ1) is 23.9. The Morgan fingerprint density at radius 3 is 2.40 bits per heavy atom.